The maximum absolute atomic E-state index is 12.6. The van der Waals surface area contributed by atoms with Crippen molar-refractivity contribution in [3.05, 3.63) is 78.0 Å². The molecule has 1 aromatic heterocycles. The quantitative estimate of drug-likeness (QED) is 0.382. The lowest BCUT2D eigenvalue weighted by Crippen LogP contribution is -2.25. The number of thioether (sulfide) groups is 1. The van der Waals surface area contributed by atoms with Crippen molar-refractivity contribution in [2.75, 3.05) is 12.3 Å². The number of aryl methyl sites for hydroxylation is 1. The second-order valence-corrected chi connectivity index (χ2v) is 7.36. The van der Waals surface area contributed by atoms with Crippen molar-refractivity contribution in [2.24, 2.45) is 0 Å². The van der Waals surface area contributed by atoms with Gasteiger partial charge in [-0.2, -0.15) is 0 Å². The molecule has 4 aromatic rings. The third kappa shape index (κ3) is 3.20. The Kier molecular flexibility index (Phi) is 4.67. The summed E-state index contributed by atoms with van der Waals surface area (Å²) >= 11 is 1.78. The number of aromatic amines is 1. The Bertz CT molecular complexity index is 1080. The van der Waals surface area contributed by atoms with Crippen molar-refractivity contribution in [1.82, 2.24) is 10.3 Å². The molecule has 3 nitrogen and oxygen atoms in total. The molecular formula is C22H20N2OS. The summed E-state index contributed by atoms with van der Waals surface area (Å²) in [6, 6.07) is 22.1. The van der Waals surface area contributed by atoms with Crippen LogP contribution < -0.4 is 5.32 Å². The van der Waals surface area contributed by atoms with E-state index in [1.54, 1.807) is 11.8 Å². The largest absolute Gasteiger partial charge is 0.358 e. The van der Waals surface area contributed by atoms with Gasteiger partial charge in [0, 0.05) is 39.4 Å². The van der Waals surface area contributed by atoms with Crippen molar-refractivity contribution in [1.29, 1.82) is 0 Å². The van der Waals surface area contributed by atoms with Gasteiger partial charge in [0.25, 0.3) is 5.91 Å². The number of amides is 1. The zero-order valence-electron chi connectivity index (χ0n) is 14.6. The Morgan fingerprint density at radius 3 is 2.58 bits per heavy atom. The first-order chi connectivity index (χ1) is 12.7. The minimum Gasteiger partial charge on any atom is -0.358 e. The van der Waals surface area contributed by atoms with E-state index in [0.717, 1.165) is 27.6 Å². The second kappa shape index (κ2) is 7.26. The van der Waals surface area contributed by atoms with Gasteiger partial charge in [-0.1, -0.05) is 54.6 Å². The van der Waals surface area contributed by atoms with Gasteiger partial charge in [-0.3, -0.25) is 4.79 Å². The number of aromatic nitrogens is 1. The summed E-state index contributed by atoms with van der Waals surface area (Å²) in [5.41, 5.74) is 3.07. The number of fused-ring (bicyclic) bond motifs is 2. The molecule has 0 saturated heterocycles. The van der Waals surface area contributed by atoms with E-state index in [4.69, 9.17) is 0 Å². The lowest BCUT2D eigenvalue weighted by atomic mass is 10.0. The minimum absolute atomic E-state index is 0.0157. The number of para-hydroxylation sites is 1. The summed E-state index contributed by atoms with van der Waals surface area (Å²) in [6.45, 7) is 2.72. The first-order valence-electron chi connectivity index (χ1n) is 8.70. The van der Waals surface area contributed by atoms with Crippen LogP contribution in [0.1, 0.15) is 16.1 Å². The standard InChI is InChI=1S/C22H20N2OS/c1-15-21(19-10-4-5-12-20(19)24-15)26-14-13-23-22(25)18-11-6-8-16-7-2-3-9-17(16)18/h2-12,24H,13-14H2,1H3,(H,23,25). The number of carbonyl (C=O) groups excluding carboxylic acids is 1. The third-order valence-corrected chi connectivity index (χ3v) is 5.73. The average Bonchev–Trinajstić information content (AvgIpc) is 3.00. The first kappa shape index (κ1) is 16.7. The molecule has 0 bridgehead atoms. The van der Waals surface area contributed by atoms with Crippen molar-refractivity contribution in [3.8, 4) is 0 Å². The molecule has 0 fully saturated rings. The average molecular weight is 360 g/mol. The maximum atomic E-state index is 12.6. The van der Waals surface area contributed by atoms with Crippen LogP contribution in [0.3, 0.4) is 0 Å². The van der Waals surface area contributed by atoms with Crippen LogP contribution in [0, 0.1) is 6.92 Å². The van der Waals surface area contributed by atoms with E-state index in [-0.39, 0.29) is 5.91 Å². The molecule has 0 aliphatic rings. The molecule has 1 amide bonds. The monoisotopic (exact) mass is 360 g/mol. The van der Waals surface area contributed by atoms with E-state index in [2.05, 4.69) is 35.4 Å². The van der Waals surface area contributed by atoms with Crippen LogP contribution in [-0.4, -0.2) is 23.2 Å². The van der Waals surface area contributed by atoms with Gasteiger partial charge in [0.15, 0.2) is 0 Å². The molecule has 0 unspecified atom stereocenters. The second-order valence-electron chi connectivity index (χ2n) is 6.26. The molecule has 0 spiro atoms. The van der Waals surface area contributed by atoms with E-state index < -0.39 is 0 Å². The lowest BCUT2D eigenvalue weighted by molar-refractivity contribution is 0.0958. The SMILES string of the molecule is Cc1[nH]c2ccccc2c1SCCNC(=O)c1cccc2ccccc12. The number of benzene rings is 3. The van der Waals surface area contributed by atoms with E-state index in [0.29, 0.717) is 6.54 Å². The summed E-state index contributed by atoms with van der Waals surface area (Å²) in [6.07, 6.45) is 0. The summed E-state index contributed by atoms with van der Waals surface area (Å²) in [5.74, 6) is 0.817. The van der Waals surface area contributed by atoms with E-state index >= 15 is 0 Å². The van der Waals surface area contributed by atoms with Crippen molar-refractivity contribution >= 4 is 39.3 Å². The molecule has 2 N–H and O–H groups in total. The highest BCUT2D eigenvalue weighted by molar-refractivity contribution is 7.99. The first-order valence-corrected chi connectivity index (χ1v) is 9.68. The Morgan fingerprint density at radius 2 is 1.69 bits per heavy atom. The van der Waals surface area contributed by atoms with Gasteiger partial charge in [-0.05, 0) is 29.8 Å². The minimum atomic E-state index is -0.0157. The van der Waals surface area contributed by atoms with Crippen LogP contribution in [0.2, 0.25) is 0 Å². The number of rotatable bonds is 5. The topological polar surface area (TPSA) is 44.9 Å². The molecule has 0 saturated carbocycles. The fourth-order valence-corrected chi connectivity index (χ4v) is 4.28. The number of hydrogen-bond donors (Lipinski definition) is 2. The highest BCUT2D eigenvalue weighted by atomic mass is 32.2. The highest BCUT2D eigenvalue weighted by Gasteiger charge is 2.11. The normalized spacial score (nSPS) is 11.1. The number of nitrogens with one attached hydrogen (secondary N) is 2. The predicted octanol–water partition coefficient (Wildman–Crippen LogP) is 5.15. The van der Waals surface area contributed by atoms with Gasteiger partial charge in [0.2, 0.25) is 0 Å². The number of carbonyl (C=O) groups is 1. The van der Waals surface area contributed by atoms with Crippen LogP contribution >= 0.6 is 11.8 Å². The summed E-state index contributed by atoms with van der Waals surface area (Å²) in [5, 5.41) is 6.38. The Balaban J connectivity index is 1.41. The molecule has 4 heteroatoms. The Labute approximate surface area is 156 Å². The van der Waals surface area contributed by atoms with Gasteiger partial charge in [0.05, 0.1) is 0 Å². The van der Waals surface area contributed by atoms with E-state index in [1.807, 2.05) is 48.5 Å². The van der Waals surface area contributed by atoms with Gasteiger partial charge in [0.1, 0.15) is 0 Å². The van der Waals surface area contributed by atoms with Crippen LogP contribution in [0.5, 0.6) is 0 Å². The molecule has 1 heterocycles. The molecule has 3 aromatic carbocycles. The smallest absolute Gasteiger partial charge is 0.251 e. The maximum Gasteiger partial charge on any atom is 0.251 e. The third-order valence-electron chi connectivity index (χ3n) is 4.50. The fourth-order valence-electron chi connectivity index (χ4n) is 3.27. The van der Waals surface area contributed by atoms with Crippen molar-refractivity contribution < 1.29 is 4.79 Å². The van der Waals surface area contributed by atoms with E-state index in [9.17, 15) is 4.79 Å². The molecule has 0 radical (unpaired) electrons. The molecule has 26 heavy (non-hydrogen) atoms. The zero-order valence-corrected chi connectivity index (χ0v) is 15.4. The summed E-state index contributed by atoms with van der Waals surface area (Å²) < 4.78 is 0. The van der Waals surface area contributed by atoms with Crippen LogP contribution in [0.4, 0.5) is 0 Å². The fraction of sp³-hybridized carbons (Fsp3) is 0.136. The van der Waals surface area contributed by atoms with Crippen LogP contribution in [0.15, 0.2) is 71.6 Å². The van der Waals surface area contributed by atoms with Gasteiger partial charge in [-0.15, -0.1) is 11.8 Å². The molecule has 0 aliphatic heterocycles. The van der Waals surface area contributed by atoms with Crippen LogP contribution in [0.25, 0.3) is 21.7 Å². The Hall–Kier alpha value is -2.72. The predicted molar refractivity (Wildman–Crippen MR) is 110 cm³/mol. The molecule has 0 atom stereocenters. The summed E-state index contributed by atoms with van der Waals surface area (Å²) in [7, 11) is 0. The summed E-state index contributed by atoms with van der Waals surface area (Å²) in [4.78, 5) is 17.3. The van der Waals surface area contributed by atoms with E-state index in [1.165, 1.54) is 16.0 Å². The van der Waals surface area contributed by atoms with Crippen LogP contribution in [-0.2, 0) is 0 Å². The van der Waals surface area contributed by atoms with Gasteiger partial charge in [-0.25, -0.2) is 0 Å². The molecule has 0 aliphatic carbocycles. The molecule has 130 valence electrons. The lowest BCUT2D eigenvalue weighted by Gasteiger charge is -2.08. The van der Waals surface area contributed by atoms with Crippen molar-refractivity contribution in [2.45, 2.75) is 11.8 Å². The van der Waals surface area contributed by atoms with Gasteiger partial charge >= 0.3 is 0 Å². The number of hydrogen-bond acceptors (Lipinski definition) is 2. The molecular weight excluding hydrogens is 340 g/mol. The van der Waals surface area contributed by atoms with Crippen molar-refractivity contribution in [3.63, 3.8) is 0 Å². The van der Waals surface area contributed by atoms with Gasteiger partial charge < -0.3 is 10.3 Å². The zero-order chi connectivity index (χ0) is 17.9. The molecule has 4 rings (SSSR count). The Morgan fingerprint density at radius 1 is 0.962 bits per heavy atom. The number of H-pyrrole nitrogens is 1. The highest BCUT2D eigenvalue weighted by Crippen LogP contribution is 2.30.